The molecule has 0 aromatic carbocycles. The first kappa shape index (κ1) is 11.0. The van der Waals surface area contributed by atoms with Crippen LogP contribution in [0.1, 0.15) is 41.0 Å². The summed E-state index contributed by atoms with van der Waals surface area (Å²) in [6, 6.07) is 0. The van der Waals surface area contributed by atoms with Gasteiger partial charge in [-0.05, 0) is 6.92 Å². The zero-order valence-corrected chi connectivity index (χ0v) is 8.92. The molecule has 0 fully saturated rings. The Morgan fingerprint density at radius 3 is 2.18 bits per heavy atom. The zero-order valence-electron chi connectivity index (χ0n) is 8.10. The highest BCUT2D eigenvalue weighted by atomic mass is 32.2. The Hall–Kier alpha value is 0.0200. The summed E-state index contributed by atoms with van der Waals surface area (Å²) in [4.78, 5) is 11.2. The van der Waals surface area contributed by atoms with Crippen LogP contribution in [0.4, 0.5) is 0 Å². The summed E-state index contributed by atoms with van der Waals surface area (Å²) in [5.74, 6) is 0.352. The van der Waals surface area contributed by atoms with Gasteiger partial charge in [0.05, 0.1) is 5.25 Å². The van der Waals surface area contributed by atoms with Crippen molar-refractivity contribution in [2.75, 3.05) is 0 Å². The number of ketones is 1. The van der Waals surface area contributed by atoms with Crippen molar-refractivity contribution in [2.45, 2.75) is 51.0 Å². The third kappa shape index (κ3) is 5.31. The van der Waals surface area contributed by atoms with E-state index in [0.29, 0.717) is 12.2 Å². The Balaban J connectivity index is 3.87. The quantitative estimate of drug-likeness (QED) is 0.654. The smallest absolute Gasteiger partial charge is 0.145 e. The van der Waals surface area contributed by atoms with Crippen LogP contribution in [-0.4, -0.2) is 15.8 Å². The zero-order chi connectivity index (χ0) is 9.07. The standard InChI is InChI=1S/C9H18OS/c1-6-8(10)7(2)11-9(3,4)5/h7H,6H2,1-5H3/t7-/m0/s1. The minimum absolute atomic E-state index is 0.153. The predicted octanol–water partition coefficient (Wildman–Crippen LogP) is 2.89. The second kappa shape index (κ2) is 4.15. The minimum atomic E-state index is 0.153. The molecule has 0 amide bonds. The fraction of sp³-hybridized carbons (Fsp3) is 0.889. The molecular formula is C9H18OS. The molecule has 0 heterocycles. The van der Waals surface area contributed by atoms with Crippen LogP contribution in [0.2, 0.25) is 0 Å². The summed E-state index contributed by atoms with van der Waals surface area (Å²) in [5, 5.41) is 0.153. The largest absolute Gasteiger partial charge is 0.298 e. The van der Waals surface area contributed by atoms with Crippen molar-refractivity contribution in [3.63, 3.8) is 0 Å². The maximum Gasteiger partial charge on any atom is 0.145 e. The van der Waals surface area contributed by atoms with Crippen LogP contribution in [0.5, 0.6) is 0 Å². The lowest BCUT2D eigenvalue weighted by Gasteiger charge is -2.21. The Morgan fingerprint density at radius 2 is 1.91 bits per heavy atom. The van der Waals surface area contributed by atoms with Crippen molar-refractivity contribution in [1.29, 1.82) is 0 Å². The van der Waals surface area contributed by atoms with E-state index in [0.717, 1.165) is 0 Å². The SMILES string of the molecule is CCC(=O)[C@H](C)SC(C)(C)C. The van der Waals surface area contributed by atoms with Gasteiger partial charge in [-0.3, -0.25) is 4.79 Å². The highest BCUT2D eigenvalue weighted by molar-refractivity contribution is 8.01. The van der Waals surface area contributed by atoms with E-state index >= 15 is 0 Å². The van der Waals surface area contributed by atoms with Crippen LogP contribution in [0, 0.1) is 0 Å². The molecule has 0 aromatic rings. The average molecular weight is 174 g/mol. The first-order valence-electron chi connectivity index (χ1n) is 4.07. The van der Waals surface area contributed by atoms with Crippen molar-refractivity contribution in [1.82, 2.24) is 0 Å². The van der Waals surface area contributed by atoms with E-state index in [9.17, 15) is 4.79 Å². The van der Waals surface area contributed by atoms with E-state index in [2.05, 4.69) is 20.8 Å². The molecule has 0 saturated heterocycles. The lowest BCUT2D eigenvalue weighted by Crippen LogP contribution is -2.20. The Bertz CT molecular complexity index is 135. The van der Waals surface area contributed by atoms with E-state index in [1.54, 1.807) is 11.8 Å². The Kier molecular flexibility index (Phi) is 4.16. The third-order valence-corrected chi connectivity index (χ3v) is 2.66. The Labute approximate surface area is 73.9 Å². The molecule has 0 N–H and O–H groups in total. The van der Waals surface area contributed by atoms with Gasteiger partial charge in [-0.1, -0.05) is 27.7 Å². The molecule has 0 spiro atoms. The van der Waals surface area contributed by atoms with Crippen LogP contribution < -0.4 is 0 Å². The maximum atomic E-state index is 11.2. The molecule has 1 atom stereocenters. The van der Waals surface area contributed by atoms with Crippen LogP contribution >= 0.6 is 11.8 Å². The summed E-state index contributed by atoms with van der Waals surface area (Å²) in [6.45, 7) is 10.3. The van der Waals surface area contributed by atoms with Gasteiger partial charge in [0.25, 0.3) is 0 Å². The highest BCUT2D eigenvalue weighted by Crippen LogP contribution is 2.28. The molecule has 0 bridgehead atoms. The van der Waals surface area contributed by atoms with Gasteiger partial charge >= 0.3 is 0 Å². The van der Waals surface area contributed by atoms with E-state index in [-0.39, 0.29) is 10.00 Å². The van der Waals surface area contributed by atoms with Crippen molar-refractivity contribution < 1.29 is 4.79 Å². The summed E-state index contributed by atoms with van der Waals surface area (Å²) in [6.07, 6.45) is 0.657. The number of hydrogen-bond acceptors (Lipinski definition) is 2. The van der Waals surface area contributed by atoms with Gasteiger partial charge in [0.1, 0.15) is 5.78 Å². The van der Waals surface area contributed by atoms with E-state index in [4.69, 9.17) is 0 Å². The van der Waals surface area contributed by atoms with Crippen molar-refractivity contribution in [3.8, 4) is 0 Å². The van der Waals surface area contributed by atoms with Crippen LogP contribution in [0.3, 0.4) is 0 Å². The number of thioether (sulfide) groups is 1. The van der Waals surface area contributed by atoms with Gasteiger partial charge in [-0.25, -0.2) is 0 Å². The fourth-order valence-electron chi connectivity index (χ4n) is 0.884. The summed E-state index contributed by atoms with van der Waals surface area (Å²) < 4.78 is 0.199. The van der Waals surface area contributed by atoms with Gasteiger partial charge in [0, 0.05) is 11.2 Å². The van der Waals surface area contributed by atoms with Gasteiger partial charge in [-0.2, -0.15) is 0 Å². The molecule has 0 saturated carbocycles. The topological polar surface area (TPSA) is 17.1 Å². The van der Waals surface area contributed by atoms with Gasteiger partial charge in [-0.15, -0.1) is 11.8 Å². The molecule has 0 rings (SSSR count). The molecule has 0 aliphatic rings. The number of carbonyl (C=O) groups excluding carboxylic acids is 1. The van der Waals surface area contributed by atoms with Gasteiger partial charge in [0.15, 0.2) is 0 Å². The Morgan fingerprint density at radius 1 is 1.45 bits per heavy atom. The maximum absolute atomic E-state index is 11.2. The molecule has 0 aliphatic heterocycles. The van der Waals surface area contributed by atoms with Gasteiger partial charge in [0.2, 0.25) is 0 Å². The van der Waals surface area contributed by atoms with Crippen LogP contribution in [-0.2, 0) is 4.79 Å². The summed E-state index contributed by atoms with van der Waals surface area (Å²) >= 11 is 1.74. The normalized spacial score (nSPS) is 14.6. The number of rotatable bonds is 3. The fourth-order valence-corrected chi connectivity index (χ4v) is 2.24. The number of hydrogen-bond donors (Lipinski definition) is 0. The summed E-state index contributed by atoms with van der Waals surface area (Å²) in [5.41, 5.74) is 0. The van der Waals surface area contributed by atoms with Gasteiger partial charge < -0.3 is 0 Å². The van der Waals surface area contributed by atoms with E-state index < -0.39 is 0 Å². The second-order valence-corrected chi connectivity index (χ2v) is 5.86. The molecule has 0 aromatic heterocycles. The lowest BCUT2D eigenvalue weighted by atomic mass is 10.2. The first-order valence-corrected chi connectivity index (χ1v) is 4.95. The molecule has 0 radical (unpaired) electrons. The third-order valence-electron chi connectivity index (χ3n) is 1.33. The van der Waals surface area contributed by atoms with Crippen LogP contribution in [0.15, 0.2) is 0 Å². The molecule has 2 heteroatoms. The van der Waals surface area contributed by atoms with E-state index in [1.807, 2.05) is 13.8 Å². The van der Waals surface area contributed by atoms with Crippen molar-refractivity contribution in [3.05, 3.63) is 0 Å². The number of Topliss-reactive ketones (excluding diaryl/α,β-unsaturated/α-hetero) is 1. The van der Waals surface area contributed by atoms with Crippen molar-refractivity contribution >= 4 is 17.5 Å². The molecule has 66 valence electrons. The molecule has 1 nitrogen and oxygen atoms in total. The molecule has 11 heavy (non-hydrogen) atoms. The number of carbonyl (C=O) groups is 1. The second-order valence-electron chi connectivity index (χ2n) is 3.69. The predicted molar refractivity (Wildman–Crippen MR) is 52.1 cm³/mol. The van der Waals surface area contributed by atoms with Crippen molar-refractivity contribution in [2.24, 2.45) is 0 Å². The highest BCUT2D eigenvalue weighted by Gasteiger charge is 2.19. The monoisotopic (exact) mass is 174 g/mol. The molecule has 0 unspecified atom stereocenters. The lowest BCUT2D eigenvalue weighted by molar-refractivity contribution is -0.118. The van der Waals surface area contributed by atoms with E-state index in [1.165, 1.54) is 0 Å². The minimum Gasteiger partial charge on any atom is -0.298 e. The molecular weight excluding hydrogens is 156 g/mol. The molecule has 0 aliphatic carbocycles. The summed E-state index contributed by atoms with van der Waals surface area (Å²) in [7, 11) is 0. The van der Waals surface area contributed by atoms with Crippen LogP contribution in [0.25, 0.3) is 0 Å². The first-order chi connectivity index (χ1) is 4.87. The average Bonchev–Trinajstić information content (AvgIpc) is 1.82.